The van der Waals surface area contributed by atoms with Crippen LogP contribution in [0.25, 0.3) is 5.69 Å². The summed E-state index contributed by atoms with van der Waals surface area (Å²) in [6.45, 7) is 6.11. The van der Waals surface area contributed by atoms with Crippen LogP contribution in [-0.2, 0) is 10.9 Å². The van der Waals surface area contributed by atoms with Gasteiger partial charge in [0.15, 0.2) is 0 Å². The number of benzene rings is 2. The van der Waals surface area contributed by atoms with E-state index in [0.29, 0.717) is 55.7 Å². The summed E-state index contributed by atoms with van der Waals surface area (Å²) in [6.07, 6.45) is -4.45. The van der Waals surface area contributed by atoms with Gasteiger partial charge in [0.05, 0.1) is 36.1 Å². The average Bonchev–Trinajstić information content (AvgIpc) is 3.44. The highest BCUT2D eigenvalue weighted by Crippen LogP contribution is 2.34. The van der Waals surface area contributed by atoms with Crippen molar-refractivity contribution in [1.29, 1.82) is 0 Å². The van der Waals surface area contributed by atoms with Crippen molar-refractivity contribution in [3.05, 3.63) is 71.3 Å². The fourth-order valence-corrected chi connectivity index (χ4v) is 4.68. The highest BCUT2D eigenvalue weighted by molar-refractivity contribution is 5.90. The molecule has 2 atom stereocenters. The minimum atomic E-state index is -4.45. The summed E-state index contributed by atoms with van der Waals surface area (Å²) < 4.78 is 52.6. The Hall–Kier alpha value is -3.57. The second kappa shape index (κ2) is 11.9. The quantitative estimate of drug-likeness (QED) is 0.413. The van der Waals surface area contributed by atoms with E-state index in [1.165, 1.54) is 12.1 Å². The van der Waals surface area contributed by atoms with E-state index in [1.54, 1.807) is 24.8 Å². The standard InChI is InChI=1S/C27H32F3N5O3/c1-4-38-25-18(2)24(35(33-25)21-11-6-5-7-12-21)32-26(36)31-23-17-34(13-14-37-3)16-22(23)19-9-8-10-20(15-19)27(28,29)30/h5-12,15,22-23H,4,13-14,16-17H2,1-3H3,(H2,31,32,36)/t22-,23+/m0/s1. The molecule has 0 unspecified atom stereocenters. The summed E-state index contributed by atoms with van der Waals surface area (Å²) >= 11 is 0. The number of amides is 2. The SMILES string of the molecule is CCOc1nn(-c2ccccc2)c(NC(=O)N[C@@H]2CN(CCOC)C[C@H]2c2cccc(C(F)(F)F)c2)c1C. The highest BCUT2D eigenvalue weighted by Gasteiger charge is 2.37. The predicted octanol–water partition coefficient (Wildman–Crippen LogP) is 4.83. The molecule has 1 aliphatic heterocycles. The Morgan fingerprint density at radius 1 is 1.13 bits per heavy atom. The number of halogens is 3. The van der Waals surface area contributed by atoms with Crippen LogP contribution in [0.5, 0.6) is 5.88 Å². The van der Waals surface area contributed by atoms with Crippen molar-refractivity contribution in [2.24, 2.45) is 0 Å². The number of carbonyl (C=O) groups is 1. The summed E-state index contributed by atoms with van der Waals surface area (Å²) in [7, 11) is 1.60. The zero-order valence-corrected chi connectivity index (χ0v) is 21.6. The Balaban J connectivity index is 1.58. The van der Waals surface area contributed by atoms with Gasteiger partial charge in [-0.05, 0) is 37.6 Å². The first-order valence-corrected chi connectivity index (χ1v) is 12.4. The molecule has 204 valence electrons. The number of alkyl halides is 3. The van der Waals surface area contributed by atoms with Gasteiger partial charge in [-0.3, -0.25) is 10.2 Å². The van der Waals surface area contributed by atoms with E-state index in [1.807, 2.05) is 37.3 Å². The van der Waals surface area contributed by atoms with Crippen LogP contribution >= 0.6 is 0 Å². The van der Waals surface area contributed by atoms with Gasteiger partial charge in [0, 0.05) is 32.7 Å². The number of methoxy groups -OCH3 is 1. The Bertz CT molecular complexity index is 1230. The van der Waals surface area contributed by atoms with E-state index in [-0.39, 0.29) is 5.92 Å². The number of carbonyl (C=O) groups excluding carboxylic acids is 1. The number of para-hydroxylation sites is 1. The molecule has 1 aliphatic rings. The average molecular weight is 532 g/mol. The normalized spacial score (nSPS) is 17.9. The van der Waals surface area contributed by atoms with Crippen LogP contribution < -0.4 is 15.4 Å². The molecule has 0 aliphatic carbocycles. The van der Waals surface area contributed by atoms with Gasteiger partial charge in [-0.1, -0.05) is 36.4 Å². The van der Waals surface area contributed by atoms with Gasteiger partial charge in [-0.2, -0.15) is 13.2 Å². The third kappa shape index (κ3) is 6.28. The van der Waals surface area contributed by atoms with Crippen LogP contribution in [0.4, 0.5) is 23.8 Å². The zero-order valence-electron chi connectivity index (χ0n) is 21.6. The van der Waals surface area contributed by atoms with Crippen LogP contribution in [0.15, 0.2) is 54.6 Å². The number of hydrogen-bond acceptors (Lipinski definition) is 5. The van der Waals surface area contributed by atoms with E-state index in [2.05, 4.69) is 20.6 Å². The molecule has 0 saturated carbocycles. The summed E-state index contributed by atoms with van der Waals surface area (Å²) in [5, 5.41) is 10.4. The molecule has 1 saturated heterocycles. The fourth-order valence-electron chi connectivity index (χ4n) is 4.68. The largest absolute Gasteiger partial charge is 0.477 e. The Labute approximate surface area is 219 Å². The lowest BCUT2D eigenvalue weighted by atomic mass is 9.93. The second-order valence-electron chi connectivity index (χ2n) is 9.15. The van der Waals surface area contributed by atoms with Gasteiger partial charge < -0.3 is 14.8 Å². The van der Waals surface area contributed by atoms with Crippen molar-refractivity contribution in [2.75, 3.05) is 45.3 Å². The number of nitrogens with one attached hydrogen (secondary N) is 2. The van der Waals surface area contributed by atoms with Crippen LogP contribution in [-0.4, -0.2) is 66.7 Å². The molecule has 38 heavy (non-hydrogen) atoms. The van der Waals surface area contributed by atoms with E-state index in [9.17, 15) is 18.0 Å². The minimum absolute atomic E-state index is 0.334. The van der Waals surface area contributed by atoms with E-state index < -0.39 is 23.8 Å². The first-order chi connectivity index (χ1) is 18.2. The lowest BCUT2D eigenvalue weighted by Crippen LogP contribution is -2.42. The van der Waals surface area contributed by atoms with E-state index >= 15 is 0 Å². The molecular weight excluding hydrogens is 499 g/mol. The zero-order chi connectivity index (χ0) is 27.3. The van der Waals surface area contributed by atoms with Crippen molar-refractivity contribution in [2.45, 2.75) is 32.0 Å². The summed E-state index contributed by atoms with van der Waals surface area (Å²) in [6, 6.07) is 13.7. The molecule has 2 aromatic carbocycles. The van der Waals surface area contributed by atoms with Gasteiger partial charge >= 0.3 is 12.2 Å². The van der Waals surface area contributed by atoms with E-state index in [4.69, 9.17) is 9.47 Å². The number of likely N-dealkylation sites (tertiary alicyclic amines) is 1. The van der Waals surface area contributed by atoms with E-state index in [0.717, 1.165) is 11.8 Å². The summed E-state index contributed by atoms with van der Waals surface area (Å²) in [5.41, 5.74) is 1.22. The maximum Gasteiger partial charge on any atom is 0.416 e. The van der Waals surface area contributed by atoms with Crippen molar-refractivity contribution in [1.82, 2.24) is 20.0 Å². The van der Waals surface area contributed by atoms with Crippen LogP contribution in [0.2, 0.25) is 0 Å². The molecule has 3 aromatic rings. The molecule has 1 fully saturated rings. The van der Waals surface area contributed by atoms with Crippen LogP contribution in [0, 0.1) is 6.92 Å². The highest BCUT2D eigenvalue weighted by atomic mass is 19.4. The monoisotopic (exact) mass is 531 g/mol. The van der Waals surface area contributed by atoms with Gasteiger partial charge in [0.1, 0.15) is 5.82 Å². The molecule has 0 bridgehead atoms. The van der Waals surface area contributed by atoms with Crippen LogP contribution in [0.1, 0.15) is 29.5 Å². The van der Waals surface area contributed by atoms with Crippen molar-refractivity contribution in [3.8, 4) is 11.6 Å². The number of ether oxygens (including phenoxy) is 2. The molecule has 8 nitrogen and oxygen atoms in total. The Kier molecular flexibility index (Phi) is 8.58. The van der Waals surface area contributed by atoms with Crippen molar-refractivity contribution < 1.29 is 27.4 Å². The maximum absolute atomic E-state index is 13.4. The lowest BCUT2D eigenvalue weighted by molar-refractivity contribution is -0.137. The molecule has 0 spiro atoms. The second-order valence-corrected chi connectivity index (χ2v) is 9.15. The van der Waals surface area contributed by atoms with Gasteiger partial charge in [-0.25, -0.2) is 9.48 Å². The molecule has 2 amide bonds. The Morgan fingerprint density at radius 2 is 1.89 bits per heavy atom. The smallest absolute Gasteiger partial charge is 0.416 e. The molecule has 11 heteroatoms. The molecule has 4 rings (SSSR count). The van der Waals surface area contributed by atoms with Crippen molar-refractivity contribution in [3.63, 3.8) is 0 Å². The summed E-state index contributed by atoms with van der Waals surface area (Å²) in [5.74, 6) is 0.515. The summed E-state index contributed by atoms with van der Waals surface area (Å²) in [4.78, 5) is 15.3. The number of anilines is 1. The first kappa shape index (κ1) is 27.5. The molecule has 2 N–H and O–H groups in total. The molecule has 0 radical (unpaired) electrons. The maximum atomic E-state index is 13.4. The Morgan fingerprint density at radius 3 is 2.58 bits per heavy atom. The van der Waals surface area contributed by atoms with Gasteiger partial charge in [0.2, 0.25) is 5.88 Å². The third-order valence-corrected chi connectivity index (χ3v) is 6.56. The van der Waals surface area contributed by atoms with Crippen LogP contribution in [0.3, 0.4) is 0 Å². The number of urea groups is 1. The third-order valence-electron chi connectivity index (χ3n) is 6.56. The lowest BCUT2D eigenvalue weighted by Gasteiger charge is -2.22. The molecule has 2 heterocycles. The first-order valence-electron chi connectivity index (χ1n) is 12.4. The molecular formula is C27H32F3N5O3. The van der Waals surface area contributed by atoms with Gasteiger partial charge in [0.25, 0.3) is 0 Å². The predicted molar refractivity (Wildman–Crippen MR) is 138 cm³/mol. The van der Waals surface area contributed by atoms with Crippen molar-refractivity contribution >= 4 is 11.8 Å². The van der Waals surface area contributed by atoms with Gasteiger partial charge in [-0.15, -0.1) is 5.10 Å². The minimum Gasteiger partial charge on any atom is -0.477 e. The topological polar surface area (TPSA) is 80.6 Å². The number of aromatic nitrogens is 2. The molecule has 1 aromatic heterocycles. The number of hydrogen-bond donors (Lipinski definition) is 2. The number of nitrogens with zero attached hydrogens (tertiary/aromatic N) is 3. The number of rotatable bonds is 9. The fraction of sp³-hybridized carbons (Fsp3) is 0.407.